The minimum Gasteiger partial charge on any atom is -0.408 e. The number of hydrogen-bond donors (Lipinski definition) is 1. The van der Waals surface area contributed by atoms with Gasteiger partial charge in [0.1, 0.15) is 11.6 Å². The first-order chi connectivity index (χ1) is 11.4. The van der Waals surface area contributed by atoms with E-state index >= 15 is 0 Å². The van der Waals surface area contributed by atoms with Gasteiger partial charge in [-0.15, -0.1) is 0 Å². The van der Waals surface area contributed by atoms with E-state index in [9.17, 15) is 18.4 Å². The summed E-state index contributed by atoms with van der Waals surface area (Å²) in [4.78, 5) is 23.7. The molecule has 3 rings (SSSR count). The van der Waals surface area contributed by atoms with Crippen LogP contribution in [0.25, 0.3) is 11.1 Å². The van der Waals surface area contributed by atoms with Gasteiger partial charge in [0, 0.05) is 30.1 Å². The van der Waals surface area contributed by atoms with Crippen molar-refractivity contribution in [1.82, 2.24) is 4.57 Å². The Morgan fingerprint density at radius 2 is 2.00 bits per heavy atom. The van der Waals surface area contributed by atoms with Crippen molar-refractivity contribution in [3.05, 3.63) is 63.6 Å². The Labute approximate surface area is 139 Å². The molecule has 0 unspecified atom stereocenters. The van der Waals surface area contributed by atoms with Gasteiger partial charge in [-0.1, -0.05) is 11.6 Å². The number of aromatic nitrogens is 1. The molecule has 0 bridgehead atoms. The first-order valence-corrected chi connectivity index (χ1v) is 7.35. The van der Waals surface area contributed by atoms with Crippen LogP contribution in [0.2, 0.25) is 5.02 Å². The molecule has 0 radical (unpaired) electrons. The Balaban J connectivity index is 1.73. The number of fused-ring (bicyclic) bond motifs is 1. The van der Waals surface area contributed by atoms with Gasteiger partial charge in [0.15, 0.2) is 5.58 Å². The number of aryl methyl sites for hydroxylation is 1. The normalized spacial score (nSPS) is 11.0. The number of anilines is 1. The summed E-state index contributed by atoms with van der Waals surface area (Å²) in [6.07, 6.45) is -0.0893. The fraction of sp³-hybridized carbons (Fsp3) is 0.125. The summed E-state index contributed by atoms with van der Waals surface area (Å²) < 4.78 is 32.7. The van der Waals surface area contributed by atoms with E-state index in [2.05, 4.69) is 5.32 Å². The number of carbonyl (C=O) groups excluding carboxylic acids is 1. The molecule has 5 nitrogen and oxygen atoms in total. The average molecular weight is 353 g/mol. The van der Waals surface area contributed by atoms with E-state index in [0.717, 1.165) is 12.1 Å². The maximum atomic E-state index is 13.5. The molecule has 2 aromatic carbocycles. The van der Waals surface area contributed by atoms with Crippen LogP contribution in [0.3, 0.4) is 0 Å². The monoisotopic (exact) mass is 352 g/mol. The molecule has 0 atom stereocenters. The summed E-state index contributed by atoms with van der Waals surface area (Å²) >= 11 is 5.83. The van der Waals surface area contributed by atoms with Crippen molar-refractivity contribution in [1.29, 1.82) is 0 Å². The maximum Gasteiger partial charge on any atom is 0.419 e. The van der Waals surface area contributed by atoms with Crippen LogP contribution in [0.1, 0.15) is 6.42 Å². The fourth-order valence-electron chi connectivity index (χ4n) is 2.27. The lowest BCUT2D eigenvalue weighted by molar-refractivity contribution is -0.116. The van der Waals surface area contributed by atoms with Crippen LogP contribution in [0.15, 0.2) is 45.6 Å². The molecule has 0 aliphatic carbocycles. The summed E-state index contributed by atoms with van der Waals surface area (Å²) in [6.45, 7) is 0.0438. The summed E-state index contributed by atoms with van der Waals surface area (Å²) in [6, 6.07) is 7.56. The molecule has 0 spiro atoms. The molecule has 0 saturated carbocycles. The average Bonchev–Trinajstić information content (AvgIpc) is 2.82. The van der Waals surface area contributed by atoms with E-state index < -0.39 is 23.3 Å². The zero-order chi connectivity index (χ0) is 17.3. The minimum atomic E-state index is -0.871. The van der Waals surface area contributed by atoms with Crippen molar-refractivity contribution < 1.29 is 18.0 Å². The predicted octanol–water partition coefficient (Wildman–Crippen LogP) is 3.55. The Bertz CT molecular complexity index is 981. The largest absolute Gasteiger partial charge is 0.419 e. The van der Waals surface area contributed by atoms with Gasteiger partial charge in [-0.2, -0.15) is 0 Å². The quantitative estimate of drug-likeness (QED) is 0.781. The van der Waals surface area contributed by atoms with Crippen LogP contribution in [-0.4, -0.2) is 10.5 Å². The Morgan fingerprint density at radius 1 is 1.21 bits per heavy atom. The fourth-order valence-corrected chi connectivity index (χ4v) is 2.43. The highest BCUT2D eigenvalue weighted by atomic mass is 35.5. The molecule has 124 valence electrons. The van der Waals surface area contributed by atoms with Crippen LogP contribution in [-0.2, 0) is 11.3 Å². The number of nitrogens with zero attached hydrogens (tertiary/aromatic N) is 1. The highest BCUT2D eigenvalue weighted by Gasteiger charge is 2.12. The Morgan fingerprint density at radius 3 is 2.75 bits per heavy atom. The number of hydrogen-bond acceptors (Lipinski definition) is 3. The molecule has 0 aliphatic rings. The Hall–Kier alpha value is -2.67. The number of rotatable bonds is 4. The van der Waals surface area contributed by atoms with Crippen LogP contribution in [0.5, 0.6) is 0 Å². The summed E-state index contributed by atoms with van der Waals surface area (Å²) in [5.74, 6) is -2.74. The van der Waals surface area contributed by atoms with E-state index in [-0.39, 0.29) is 18.7 Å². The lowest BCUT2D eigenvalue weighted by Crippen LogP contribution is -2.20. The molecule has 1 amide bonds. The molecule has 0 aliphatic heterocycles. The van der Waals surface area contributed by atoms with Crippen molar-refractivity contribution in [3.63, 3.8) is 0 Å². The van der Waals surface area contributed by atoms with Gasteiger partial charge in [0.25, 0.3) is 0 Å². The molecule has 8 heteroatoms. The van der Waals surface area contributed by atoms with Gasteiger partial charge in [-0.3, -0.25) is 9.36 Å². The van der Waals surface area contributed by atoms with Crippen molar-refractivity contribution in [2.45, 2.75) is 13.0 Å². The third-order valence-electron chi connectivity index (χ3n) is 3.40. The first-order valence-electron chi connectivity index (χ1n) is 6.98. The molecule has 1 heterocycles. The first kappa shape index (κ1) is 16.2. The van der Waals surface area contributed by atoms with E-state index in [1.54, 1.807) is 12.1 Å². The number of halogens is 3. The van der Waals surface area contributed by atoms with Gasteiger partial charge in [0.2, 0.25) is 5.91 Å². The standard InChI is InChI=1S/C16H11ClF2N2O3/c17-9-1-4-13-14(7-9)24-16(23)21(13)6-5-15(22)20-12-3-2-10(18)8-11(12)19/h1-4,7-8H,5-6H2,(H,20,22). The number of oxazole rings is 1. The van der Waals surface area contributed by atoms with Crippen molar-refractivity contribution >= 4 is 34.3 Å². The van der Waals surface area contributed by atoms with Gasteiger partial charge < -0.3 is 9.73 Å². The minimum absolute atomic E-state index is 0.0438. The smallest absolute Gasteiger partial charge is 0.408 e. The molecule has 24 heavy (non-hydrogen) atoms. The maximum absolute atomic E-state index is 13.5. The van der Waals surface area contributed by atoms with Gasteiger partial charge in [-0.05, 0) is 24.3 Å². The Kier molecular flexibility index (Phi) is 4.35. The lowest BCUT2D eigenvalue weighted by Gasteiger charge is -2.07. The van der Waals surface area contributed by atoms with Crippen LogP contribution in [0.4, 0.5) is 14.5 Å². The van der Waals surface area contributed by atoms with E-state index in [1.807, 2.05) is 0 Å². The third kappa shape index (κ3) is 3.30. The van der Waals surface area contributed by atoms with E-state index in [0.29, 0.717) is 22.2 Å². The third-order valence-corrected chi connectivity index (χ3v) is 3.63. The zero-order valence-electron chi connectivity index (χ0n) is 12.2. The van der Waals surface area contributed by atoms with Crippen molar-refractivity contribution in [2.75, 3.05) is 5.32 Å². The molecular weight excluding hydrogens is 342 g/mol. The molecule has 1 N–H and O–H groups in total. The molecule has 0 fully saturated rings. The topological polar surface area (TPSA) is 64.2 Å². The van der Waals surface area contributed by atoms with Gasteiger partial charge in [-0.25, -0.2) is 13.6 Å². The highest BCUT2D eigenvalue weighted by Crippen LogP contribution is 2.19. The summed E-state index contributed by atoms with van der Waals surface area (Å²) in [5, 5.41) is 2.75. The highest BCUT2D eigenvalue weighted by molar-refractivity contribution is 6.31. The SMILES string of the molecule is O=C(CCn1c(=O)oc2cc(Cl)ccc21)Nc1ccc(F)cc1F. The second kappa shape index (κ2) is 6.45. The second-order valence-electron chi connectivity index (χ2n) is 5.05. The summed E-state index contributed by atoms with van der Waals surface area (Å²) in [5.41, 5.74) is 0.695. The lowest BCUT2D eigenvalue weighted by atomic mass is 10.2. The molecule has 1 aromatic heterocycles. The zero-order valence-corrected chi connectivity index (χ0v) is 12.9. The van der Waals surface area contributed by atoms with Crippen LogP contribution >= 0.6 is 11.6 Å². The van der Waals surface area contributed by atoms with Gasteiger partial charge >= 0.3 is 5.76 Å². The number of nitrogens with one attached hydrogen (secondary N) is 1. The second-order valence-corrected chi connectivity index (χ2v) is 5.49. The van der Waals surface area contributed by atoms with E-state index in [1.165, 1.54) is 10.6 Å². The molecule has 3 aromatic rings. The van der Waals surface area contributed by atoms with Crippen molar-refractivity contribution in [3.8, 4) is 0 Å². The number of benzene rings is 2. The number of amides is 1. The molecule has 0 saturated heterocycles. The van der Waals surface area contributed by atoms with Crippen molar-refractivity contribution in [2.24, 2.45) is 0 Å². The van der Waals surface area contributed by atoms with Crippen LogP contribution < -0.4 is 11.1 Å². The van der Waals surface area contributed by atoms with E-state index in [4.69, 9.17) is 16.0 Å². The van der Waals surface area contributed by atoms with Gasteiger partial charge in [0.05, 0.1) is 11.2 Å². The predicted molar refractivity (Wildman–Crippen MR) is 85.1 cm³/mol. The van der Waals surface area contributed by atoms with Crippen LogP contribution in [0, 0.1) is 11.6 Å². The molecular formula is C16H11ClF2N2O3. The summed E-state index contributed by atoms with van der Waals surface area (Å²) in [7, 11) is 0. The number of carbonyl (C=O) groups is 1.